The summed E-state index contributed by atoms with van der Waals surface area (Å²) in [6.07, 6.45) is -0.790. The number of hydrogen-bond donors (Lipinski definition) is 2. The van der Waals surface area contributed by atoms with Crippen molar-refractivity contribution in [1.82, 2.24) is 0 Å². The van der Waals surface area contributed by atoms with Crippen LogP contribution in [-0.4, -0.2) is 40.4 Å². The third-order valence-electron chi connectivity index (χ3n) is 0.718. The number of carboxylic acids is 2. The zero-order valence-electron chi connectivity index (χ0n) is 6.18. The quantitative estimate of drug-likeness (QED) is 0.308. The molecule has 0 heterocycles. The Hall–Kier alpha value is 1.46. The van der Waals surface area contributed by atoms with Crippen molar-refractivity contribution in [3.63, 3.8) is 0 Å². The van der Waals surface area contributed by atoms with Crippen LogP contribution in [0.1, 0.15) is 6.42 Å². The van der Waals surface area contributed by atoms with Crippen molar-refractivity contribution in [1.29, 1.82) is 0 Å². The summed E-state index contributed by atoms with van der Waals surface area (Å²) >= 11 is 6.80. The Morgan fingerprint density at radius 2 is 1.58 bits per heavy atom. The van der Waals surface area contributed by atoms with Crippen LogP contribution in [0.4, 0.5) is 0 Å². The molecule has 0 aromatic rings. The normalized spacial score (nSPS) is 9.17. The first-order chi connectivity index (χ1) is 4.36. The van der Waals surface area contributed by atoms with Crippen molar-refractivity contribution < 1.29 is 49.4 Å². The second-order valence-corrected chi connectivity index (χ2v) is 3.53. The number of thiol groups is 2. The van der Waals surface area contributed by atoms with Crippen molar-refractivity contribution in [2.45, 2.75) is 10.5 Å². The molecule has 0 bridgehead atoms. The van der Waals surface area contributed by atoms with Gasteiger partial charge >= 0.3 is 54.0 Å². The Morgan fingerprint density at radius 3 is 1.67 bits per heavy atom. The predicted octanol–water partition coefficient (Wildman–Crippen LogP) is -5.94. The van der Waals surface area contributed by atoms with E-state index < -0.39 is 22.4 Å². The summed E-state index contributed by atoms with van der Waals surface area (Å²) in [7, 11) is 0. The second-order valence-electron chi connectivity index (χ2n) is 1.65. The van der Waals surface area contributed by atoms with E-state index in [9.17, 15) is 19.8 Å². The van der Waals surface area contributed by atoms with E-state index in [-0.39, 0.29) is 54.0 Å². The molecule has 0 fully saturated rings. The minimum absolute atomic E-state index is 0. The van der Waals surface area contributed by atoms with Crippen LogP contribution in [0.2, 0.25) is 0 Å². The van der Waals surface area contributed by atoms with Gasteiger partial charge in [0.2, 0.25) is 0 Å². The fourth-order valence-electron chi connectivity index (χ4n) is 0.273. The second kappa shape index (κ2) is 7.82. The molecule has 0 atom stereocenters. The third-order valence-corrected chi connectivity index (χ3v) is 1.40. The van der Waals surface area contributed by atoms with Crippen LogP contribution in [-0.2, 0) is 9.59 Å². The molecule has 0 aliphatic rings. The van der Waals surface area contributed by atoms with Crippen molar-refractivity contribution in [2.75, 3.05) is 0 Å². The molecule has 0 rings (SSSR count). The average molecular weight is 325 g/mol. The van der Waals surface area contributed by atoms with E-state index in [1.54, 1.807) is 0 Å². The Labute approximate surface area is 120 Å². The van der Waals surface area contributed by atoms with E-state index in [0.717, 1.165) is 0 Å². The minimum Gasteiger partial charge on any atom is -0.550 e. The summed E-state index contributed by atoms with van der Waals surface area (Å²) in [4.78, 5) is 19.8. The molecule has 0 unspecified atom stereocenters. The van der Waals surface area contributed by atoms with Crippen molar-refractivity contribution >= 4 is 61.6 Å². The third kappa shape index (κ3) is 8.07. The molecular weight excluding hydrogens is 321 g/mol. The standard InChI is InChI=1S/C4H6O4S2.Na.Sb/c5-2(6)1-4(9,10)3(7)8;;/h9-10H,1H2,(H,5,6)(H,7,8);;/q;+1;+3/p-2. The molecule has 60 valence electrons. The van der Waals surface area contributed by atoms with Gasteiger partial charge in [-0.25, -0.2) is 0 Å². The Bertz CT molecular complexity index is 174. The fraction of sp³-hybridized carbons (Fsp3) is 0.500. The molecule has 12 heavy (non-hydrogen) atoms. The first-order valence-electron chi connectivity index (χ1n) is 2.22. The molecule has 0 saturated heterocycles. The molecular formula is C4H4NaO4S2Sb+2. The largest absolute Gasteiger partial charge is 3.00 e. The summed E-state index contributed by atoms with van der Waals surface area (Å²) in [5.41, 5.74) is 0. The Kier molecular flexibility index (Phi) is 12.5. The first-order valence-corrected chi connectivity index (χ1v) is 3.12. The van der Waals surface area contributed by atoms with Crippen LogP contribution in [0.5, 0.6) is 0 Å². The van der Waals surface area contributed by atoms with Crippen LogP contribution in [0.15, 0.2) is 0 Å². The first kappa shape index (κ1) is 19.1. The molecule has 0 aromatic heterocycles. The molecule has 8 heteroatoms. The molecule has 0 N–H and O–H groups in total. The summed E-state index contributed by atoms with van der Waals surface area (Å²) in [6.45, 7) is 0. The van der Waals surface area contributed by atoms with Crippen LogP contribution in [0.3, 0.4) is 0 Å². The number of aliphatic carboxylic acids is 2. The smallest absolute Gasteiger partial charge is 0.550 e. The molecule has 2 radical (unpaired) electrons. The van der Waals surface area contributed by atoms with E-state index in [1.165, 1.54) is 0 Å². The number of carboxylic acid groups (broad SMARTS) is 2. The monoisotopic (exact) mass is 324 g/mol. The molecule has 0 amide bonds. The van der Waals surface area contributed by atoms with Gasteiger partial charge in [0.15, 0.2) is 0 Å². The summed E-state index contributed by atoms with van der Waals surface area (Å²) in [5, 5.41) is 19.8. The summed E-state index contributed by atoms with van der Waals surface area (Å²) < 4.78 is -1.95. The summed E-state index contributed by atoms with van der Waals surface area (Å²) in [6, 6.07) is 0. The van der Waals surface area contributed by atoms with Crippen LogP contribution >= 0.6 is 25.3 Å². The predicted molar refractivity (Wildman–Crippen MR) is 41.1 cm³/mol. The van der Waals surface area contributed by atoms with Gasteiger partial charge in [0.05, 0.1) is 10.0 Å². The zero-order valence-corrected chi connectivity index (χ0v) is 12.5. The molecule has 4 nitrogen and oxygen atoms in total. The average Bonchev–Trinajstić information content (AvgIpc) is 1.60. The van der Waals surface area contributed by atoms with E-state index in [0.29, 0.717) is 0 Å². The number of hydrogen-bond acceptors (Lipinski definition) is 6. The van der Waals surface area contributed by atoms with Crippen molar-refractivity contribution in [3.05, 3.63) is 0 Å². The SMILES string of the molecule is O=C([O-])CC(S)(S)C(=O)[O-].[Na+].[Sb+3]. The fourth-order valence-corrected chi connectivity index (χ4v) is 0.532. The number of carbonyl (C=O) groups is 2. The van der Waals surface area contributed by atoms with Gasteiger partial charge in [0.1, 0.15) is 0 Å². The molecule has 0 spiro atoms. The Morgan fingerprint density at radius 1 is 1.25 bits per heavy atom. The molecule has 0 aliphatic heterocycles. The van der Waals surface area contributed by atoms with Crippen molar-refractivity contribution in [3.8, 4) is 0 Å². The minimum atomic E-state index is -1.95. The van der Waals surface area contributed by atoms with Gasteiger partial charge in [-0.3, -0.25) is 0 Å². The molecule has 0 aliphatic carbocycles. The van der Waals surface area contributed by atoms with E-state index in [4.69, 9.17) is 0 Å². The van der Waals surface area contributed by atoms with Gasteiger partial charge in [-0.1, -0.05) is 0 Å². The van der Waals surface area contributed by atoms with Gasteiger partial charge in [-0.05, 0) is 0 Å². The van der Waals surface area contributed by atoms with Gasteiger partial charge in [-0.2, -0.15) is 25.3 Å². The van der Waals surface area contributed by atoms with Crippen LogP contribution in [0, 0.1) is 0 Å². The van der Waals surface area contributed by atoms with E-state index in [1.807, 2.05) is 0 Å². The molecule has 0 aromatic carbocycles. The van der Waals surface area contributed by atoms with Gasteiger partial charge in [-0.15, -0.1) is 0 Å². The topological polar surface area (TPSA) is 80.3 Å². The van der Waals surface area contributed by atoms with E-state index >= 15 is 0 Å². The maximum Gasteiger partial charge on any atom is 3.00 e. The zero-order chi connectivity index (χ0) is 8.36. The van der Waals surface area contributed by atoms with Gasteiger partial charge in [0, 0.05) is 12.4 Å². The maximum absolute atomic E-state index is 10.0. The summed E-state index contributed by atoms with van der Waals surface area (Å²) in [5.74, 6) is -3.18. The van der Waals surface area contributed by atoms with Crippen molar-refractivity contribution in [2.24, 2.45) is 0 Å². The van der Waals surface area contributed by atoms with Crippen LogP contribution in [0.25, 0.3) is 0 Å². The number of rotatable bonds is 3. The molecule has 0 saturated carbocycles. The Balaban J connectivity index is -0.000000405. The van der Waals surface area contributed by atoms with Gasteiger partial charge < -0.3 is 19.8 Å². The number of carbonyl (C=O) groups excluding carboxylic acids is 2. The van der Waals surface area contributed by atoms with Gasteiger partial charge in [0.25, 0.3) is 0 Å². The van der Waals surface area contributed by atoms with E-state index in [2.05, 4.69) is 25.3 Å². The maximum atomic E-state index is 10.0. The van der Waals surface area contributed by atoms with Crippen LogP contribution < -0.4 is 39.8 Å².